The van der Waals surface area contributed by atoms with Crippen molar-refractivity contribution in [3.8, 4) is 0 Å². The molecule has 2 unspecified atom stereocenters. The third-order valence-corrected chi connectivity index (χ3v) is 6.97. The van der Waals surface area contributed by atoms with Crippen LogP contribution in [0.5, 0.6) is 0 Å². The number of nitrogens with one attached hydrogen (secondary N) is 1. The largest absolute Gasteiger partial charge is 0.416 e. The molecule has 2 fully saturated rings. The summed E-state index contributed by atoms with van der Waals surface area (Å²) in [4.78, 5) is 27.4. The standard InChI is InChI=1S/C26H27F4N5O3/c27-18-2-3-19(31-9-18)13-38-24-12-35(20-5-6-37-14-20)11-16(24)7-21(36)10-32-25-22-8-17(26(28,29)30)1-4-23(22)33-15-34-25/h1-4,8-9,15-16,20,24H,5-7,10-14H2,(H,32,33,34)/t16?,20?,24-/m0/s1. The van der Waals surface area contributed by atoms with Gasteiger partial charge in [0.2, 0.25) is 0 Å². The molecule has 4 heterocycles. The van der Waals surface area contributed by atoms with Gasteiger partial charge in [0.1, 0.15) is 18.0 Å². The highest BCUT2D eigenvalue weighted by Crippen LogP contribution is 2.33. The number of halogens is 4. The summed E-state index contributed by atoms with van der Waals surface area (Å²) in [5.74, 6) is -0.471. The van der Waals surface area contributed by atoms with E-state index in [9.17, 15) is 22.4 Å². The molecule has 0 spiro atoms. The summed E-state index contributed by atoms with van der Waals surface area (Å²) >= 11 is 0. The number of rotatable bonds is 9. The summed E-state index contributed by atoms with van der Waals surface area (Å²) < 4.78 is 64.4. The number of pyridine rings is 1. The van der Waals surface area contributed by atoms with E-state index in [1.165, 1.54) is 18.5 Å². The van der Waals surface area contributed by atoms with Gasteiger partial charge in [-0.2, -0.15) is 13.2 Å². The average molecular weight is 534 g/mol. The molecule has 3 aromatic rings. The first kappa shape index (κ1) is 26.4. The smallest absolute Gasteiger partial charge is 0.380 e. The summed E-state index contributed by atoms with van der Waals surface area (Å²) in [5.41, 5.74) is 0.123. The van der Waals surface area contributed by atoms with Gasteiger partial charge >= 0.3 is 6.18 Å². The van der Waals surface area contributed by atoms with Gasteiger partial charge in [-0.05, 0) is 36.8 Å². The summed E-state index contributed by atoms with van der Waals surface area (Å²) in [7, 11) is 0. The van der Waals surface area contributed by atoms with Crippen LogP contribution in [0.3, 0.4) is 0 Å². The predicted octanol–water partition coefficient (Wildman–Crippen LogP) is 3.86. The van der Waals surface area contributed by atoms with Crippen molar-refractivity contribution in [2.75, 3.05) is 38.2 Å². The molecule has 3 atom stereocenters. The maximum Gasteiger partial charge on any atom is 0.416 e. The van der Waals surface area contributed by atoms with Crippen LogP contribution in [0, 0.1) is 11.7 Å². The number of aromatic nitrogens is 3. The van der Waals surface area contributed by atoms with Crippen molar-refractivity contribution in [1.82, 2.24) is 19.9 Å². The molecule has 2 aromatic heterocycles. The molecule has 202 valence electrons. The minimum Gasteiger partial charge on any atom is -0.380 e. The normalized spacial score (nSPS) is 22.3. The van der Waals surface area contributed by atoms with Crippen LogP contribution in [-0.2, 0) is 27.1 Å². The number of likely N-dealkylation sites (tertiary alicyclic amines) is 1. The van der Waals surface area contributed by atoms with Gasteiger partial charge in [-0.3, -0.25) is 14.7 Å². The zero-order valence-electron chi connectivity index (χ0n) is 20.5. The number of alkyl halides is 3. The first-order chi connectivity index (χ1) is 18.3. The average Bonchev–Trinajstić information content (AvgIpc) is 3.57. The van der Waals surface area contributed by atoms with Crippen molar-refractivity contribution in [3.05, 3.63) is 59.9 Å². The molecule has 38 heavy (non-hydrogen) atoms. The Labute approximate surface area is 216 Å². The molecular weight excluding hydrogens is 506 g/mol. The van der Waals surface area contributed by atoms with E-state index in [0.29, 0.717) is 37.5 Å². The number of hydrogen-bond donors (Lipinski definition) is 1. The van der Waals surface area contributed by atoms with Gasteiger partial charge in [0.25, 0.3) is 0 Å². The highest BCUT2D eigenvalue weighted by Gasteiger charge is 2.39. The monoisotopic (exact) mass is 533 g/mol. The quantitative estimate of drug-likeness (QED) is 0.415. The minimum absolute atomic E-state index is 0.0932. The molecule has 2 saturated heterocycles. The molecular formula is C26H27F4N5O3. The van der Waals surface area contributed by atoms with Gasteiger partial charge in [-0.25, -0.2) is 14.4 Å². The zero-order chi connectivity index (χ0) is 26.7. The maximum atomic E-state index is 13.2. The second-order valence-corrected chi connectivity index (χ2v) is 9.60. The third kappa shape index (κ3) is 6.25. The fraction of sp³-hybridized carbons (Fsp3) is 0.462. The van der Waals surface area contributed by atoms with Crippen LogP contribution in [0.4, 0.5) is 23.4 Å². The zero-order valence-corrected chi connectivity index (χ0v) is 20.5. The Bertz CT molecular complexity index is 1270. The fourth-order valence-electron chi connectivity index (χ4n) is 4.97. The Hall–Kier alpha value is -3.22. The molecule has 0 bridgehead atoms. The van der Waals surface area contributed by atoms with Gasteiger partial charge in [0.15, 0.2) is 5.78 Å². The van der Waals surface area contributed by atoms with E-state index in [4.69, 9.17) is 9.47 Å². The molecule has 8 nitrogen and oxygen atoms in total. The number of carbonyl (C=O) groups is 1. The van der Waals surface area contributed by atoms with E-state index in [0.717, 1.165) is 24.8 Å². The fourth-order valence-corrected chi connectivity index (χ4v) is 4.97. The van der Waals surface area contributed by atoms with E-state index >= 15 is 0 Å². The lowest BCUT2D eigenvalue weighted by atomic mass is 9.99. The van der Waals surface area contributed by atoms with E-state index in [-0.39, 0.29) is 54.6 Å². The van der Waals surface area contributed by atoms with E-state index in [1.807, 2.05) is 0 Å². The first-order valence-electron chi connectivity index (χ1n) is 12.4. The van der Waals surface area contributed by atoms with Crippen LogP contribution in [0.15, 0.2) is 42.9 Å². The lowest BCUT2D eigenvalue weighted by Crippen LogP contribution is -2.34. The number of nitrogens with zero attached hydrogens (tertiary/aromatic N) is 4. The number of Topliss-reactive ketones (excluding diaryl/α,β-unsaturated/α-hetero) is 1. The Morgan fingerprint density at radius 3 is 2.76 bits per heavy atom. The lowest BCUT2D eigenvalue weighted by Gasteiger charge is -2.22. The van der Waals surface area contributed by atoms with Crippen molar-refractivity contribution in [3.63, 3.8) is 0 Å². The van der Waals surface area contributed by atoms with Gasteiger partial charge < -0.3 is 14.8 Å². The van der Waals surface area contributed by atoms with E-state index < -0.39 is 17.6 Å². The minimum atomic E-state index is -4.51. The summed E-state index contributed by atoms with van der Waals surface area (Å²) in [6.45, 7) is 2.72. The molecule has 0 amide bonds. The lowest BCUT2D eigenvalue weighted by molar-refractivity contribution is -0.137. The Morgan fingerprint density at radius 2 is 2.03 bits per heavy atom. The van der Waals surface area contributed by atoms with E-state index in [2.05, 4.69) is 25.2 Å². The van der Waals surface area contributed by atoms with Crippen molar-refractivity contribution in [2.24, 2.45) is 5.92 Å². The molecule has 0 saturated carbocycles. The van der Waals surface area contributed by atoms with Gasteiger partial charge in [-0.15, -0.1) is 0 Å². The number of carbonyl (C=O) groups excluding carboxylic acids is 1. The molecule has 12 heteroatoms. The van der Waals surface area contributed by atoms with Crippen molar-refractivity contribution in [2.45, 2.75) is 37.8 Å². The van der Waals surface area contributed by atoms with Gasteiger partial charge in [0, 0.05) is 43.5 Å². The van der Waals surface area contributed by atoms with Crippen LogP contribution < -0.4 is 5.32 Å². The Balaban J connectivity index is 1.24. The Morgan fingerprint density at radius 1 is 1.16 bits per heavy atom. The van der Waals surface area contributed by atoms with Crippen molar-refractivity contribution < 1.29 is 31.8 Å². The van der Waals surface area contributed by atoms with Crippen LogP contribution in [0.1, 0.15) is 24.1 Å². The van der Waals surface area contributed by atoms with Gasteiger partial charge in [-0.1, -0.05) is 0 Å². The highest BCUT2D eigenvalue weighted by molar-refractivity contribution is 5.91. The van der Waals surface area contributed by atoms with Gasteiger partial charge in [0.05, 0.1) is 48.8 Å². The summed E-state index contributed by atoms with van der Waals surface area (Å²) in [6.07, 6.45) is -1.23. The molecule has 0 aliphatic carbocycles. The van der Waals surface area contributed by atoms with Crippen LogP contribution in [0.2, 0.25) is 0 Å². The maximum absolute atomic E-state index is 13.2. The van der Waals surface area contributed by atoms with E-state index in [1.54, 1.807) is 6.07 Å². The second-order valence-electron chi connectivity index (χ2n) is 9.60. The van der Waals surface area contributed by atoms with Crippen LogP contribution in [0.25, 0.3) is 10.9 Å². The number of hydrogen-bond acceptors (Lipinski definition) is 8. The molecule has 5 rings (SSSR count). The third-order valence-electron chi connectivity index (χ3n) is 6.97. The van der Waals surface area contributed by atoms with Crippen LogP contribution in [-0.4, -0.2) is 70.6 Å². The number of fused-ring (bicyclic) bond motifs is 1. The topological polar surface area (TPSA) is 89.5 Å². The molecule has 2 aliphatic heterocycles. The number of ketones is 1. The van der Waals surface area contributed by atoms with Crippen LogP contribution >= 0.6 is 0 Å². The molecule has 1 N–H and O–H groups in total. The second kappa shape index (κ2) is 11.3. The molecule has 1 aromatic carbocycles. The number of benzene rings is 1. The SMILES string of the molecule is O=C(CNc1ncnc2ccc(C(F)(F)F)cc12)CC1CN(C2CCOC2)C[C@@H]1OCc1ccc(F)cn1. The predicted molar refractivity (Wildman–Crippen MR) is 130 cm³/mol. The van der Waals surface area contributed by atoms with Crippen molar-refractivity contribution >= 4 is 22.5 Å². The first-order valence-corrected chi connectivity index (χ1v) is 12.4. The molecule has 2 aliphatic rings. The summed E-state index contributed by atoms with van der Waals surface area (Å²) in [5, 5.41) is 3.09. The number of ether oxygens (including phenoxy) is 2. The highest BCUT2D eigenvalue weighted by atomic mass is 19.4. The Kier molecular flexibility index (Phi) is 7.82. The number of anilines is 1. The summed E-state index contributed by atoms with van der Waals surface area (Å²) in [6, 6.07) is 6.38. The van der Waals surface area contributed by atoms with Crippen molar-refractivity contribution in [1.29, 1.82) is 0 Å². The molecule has 0 radical (unpaired) electrons.